The van der Waals surface area contributed by atoms with Gasteiger partial charge in [-0.1, -0.05) is 12.1 Å². The van der Waals surface area contributed by atoms with Gasteiger partial charge >= 0.3 is 6.18 Å². The number of ether oxygens (including phenoxy) is 1. The molecule has 0 aliphatic heterocycles. The maximum atomic E-state index is 12.7. The van der Waals surface area contributed by atoms with Crippen LogP contribution in [-0.2, 0) is 0 Å². The molecule has 0 bridgehead atoms. The van der Waals surface area contributed by atoms with Crippen molar-refractivity contribution >= 4 is 0 Å². The maximum absolute atomic E-state index is 12.7. The lowest BCUT2D eigenvalue weighted by atomic mass is 10.1. The summed E-state index contributed by atoms with van der Waals surface area (Å²) in [6, 6.07) is 4.53. The third kappa shape index (κ3) is 3.12. The lowest BCUT2D eigenvalue weighted by Crippen LogP contribution is -2.31. The molecule has 0 spiro atoms. The Labute approximate surface area is 97.8 Å². The first kappa shape index (κ1) is 12.2. The quantitative estimate of drug-likeness (QED) is 0.880. The maximum Gasteiger partial charge on any atom is 0.407 e. The van der Waals surface area contributed by atoms with Crippen molar-refractivity contribution in [1.29, 1.82) is 0 Å². The zero-order chi connectivity index (χ0) is 12.5. The molecule has 1 fully saturated rings. The highest BCUT2D eigenvalue weighted by Gasteiger charge is 2.39. The SMILES string of the molecule is CNC(c1cccc(OC2CC2)c1)C(F)(F)F. The highest BCUT2D eigenvalue weighted by Crippen LogP contribution is 2.34. The molecule has 0 heterocycles. The lowest BCUT2D eigenvalue weighted by Gasteiger charge is -2.20. The Morgan fingerprint density at radius 2 is 2.06 bits per heavy atom. The van der Waals surface area contributed by atoms with E-state index < -0.39 is 12.2 Å². The second kappa shape index (κ2) is 4.56. The van der Waals surface area contributed by atoms with E-state index in [0.717, 1.165) is 12.8 Å². The Bertz CT molecular complexity index is 388. The minimum atomic E-state index is -4.30. The van der Waals surface area contributed by atoms with Crippen LogP contribution in [0.4, 0.5) is 13.2 Å². The number of hydrogen-bond donors (Lipinski definition) is 1. The van der Waals surface area contributed by atoms with Gasteiger partial charge in [-0.2, -0.15) is 13.2 Å². The number of rotatable bonds is 4. The predicted molar refractivity (Wildman–Crippen MR) is 57.9 cm³/mol. The second-order valence-corrected chi connectivity index (χ2v) is 4.15. The fraction of sp³-hybridized carbons (Fsp3) is 0.500. The van der Waals surface area contributed by atoms with Gasteiger partial charge in [0.05, 0.1) is 6.10 Å². The van der Waals surface area contributed by atoms with E-state index in [9.17, 15) is 13.2 Å². The van der Waals surface area contributed by atoms with E-state index in [1.165, 1.54) is 19.2 Å². The third-order valence-corrected chi connectivity index (χ3v) is 2.63. The van der Waals surface area contributed by atoms with Gasteiger partial charge in [0.2, 0.25) is 0 Å². The van der Waals surface area contributed by atoms with Crippen molar-refractivity contribution in [3.63, 3.8) is 0 Å². The Morgan fingerprint density at radius 3 is 2.59 bits per heavy atom. The standard InChI is InChI=1S/C12H14F3NO/c1-16-11(12(13,14)15)8-3-2-4-10(7-8)17-9-5-6-9/h2-4,7,9,11,16H,5-6H2,1H3. The molecule has 1 aromatic carbocycles. The number of alkyl halides is 3. The summed E-state index contributed by atoms with van der Waals surface area (Å²) in [5.74, 6) is 0.509. The van der Waals surface area contributed by atoms with Gasteiger partial charge in [-0.05, 0) is 37.6 Å². The fourth-order valence-electron chi connectivity index (χ4n) is 1.67. The highest BCUT2D eigenvalue weighted by molar-refractivity contribution is 5.31. The molecule has 1 unspecified atom stereocenters. The Morgan fingerprint density at radius 1 is 1.35 bits per heavy atom. The van der Waals surface area contributed by atoms with Gasteiger partial charge in [0.1, 0.15) is 11.8 Å². The molecule has 1 aliphatic carbocycles. The first-order valence-electron chi connectivity index (χ1n) is 5.51. The molecule has 2 rings (SSSR count). The highest BCUT2D eigenvalue weighted by atomic mass is 19.4. The van der Waals surface area contributed by atoms with E-state index in [2.05, 4.69) is 5.32 Å². The molecule has 0 radical (unpaired) electrons. The molecule has 17 heavy (non-hydrogen) atoms. The average Bonchev–Trinajstić information content (AvgIpc) is 3.01. The van der Waals surface area contributed by atoms with Crippen LogP contribution in [0.25, 0.3) is 0 Å². The van der Waals surface area contributed by atoms with Crippen molar-refractivity contribution in [3.8, 4) is 5.75 Å². The Hall–Kier alpha value is -1.23. The molecular weight excluding hydrogens is 231 g/mol. The predicted octanol–water partition coefficient (Wildman–Crippen LogP) is 3.05. The summed E-state index contributed by atoms with van der Waals surface area (Å²) >= 11 is 0. The number of nitrogens with one attached hydrogen (secondary N) is 1. The number of halogens is 3. The zero-order valence-corrected chi connectivity index (χ0v) is 9.42. The summed E-state index contributed by atoms with van der Waals surface area (Å²) in [5.41, 5.74) is 0.179. The molecule has 2 nitrogen and oxygen atoms in total. The molecule has 1 atom stereocenters. The van der Waals surface area contributed by atoms with Gasteiger partial charge in [-0.15, -0.1) is 0 Å². The summed E-state index contributed by atoms with van der Waals surface area (Å²) in [4.78, 5) is 0. The number of hydrogen-bond acceptors (Lipinski definition) is 2. The van der Waals surface area contributed by atoms with Gasteiger partial charge in [-0.3, -0.25) is 0 Å². The summed E-state index contributed by atoms with van der Waals surface area (Å²) in [7, 11) is 1.30. The van der Waals surface area contributed by atoms with Gasteiger partial charge in [0.25, 0.3) is 0 Å². The molecule has 5 heteroatoms. The molecule has 1 aliphatic rings. The second-order valence-electron chi connectivity index (χ2n) is 4.15. The van der Waals surface area contributed by atoms with E-state index >= 15 is 0 Å². The van der Waals surface area contributed by atoms with E-state index in [-0.39, 0.29) is 11.7 Å². The van der Waals surface area contributed by atoms with Crippen LogP contribution < -0.4 is 10.1 Å². The van der Waals surface area contributed by atoms with Gasteiger partial charge in [0.15, 0.2) is 0 Å². The van der Waals surface area contributed by atoms with Crippen LogP contribution in [-0.4, -0.2) is 19.3 Å². The van der Waals surface area contributed by atoms with E-state index in [4.69, 9.17) is 4.74 Å². The monoisotopic (exact) mass is 245 g/mol. The van der Waals surface area contributed by atoms with Crippen LogP contribution >= 0.6 is 0 Å². The van der Waals surface area contributed by atoms with Gasteiger partial charge in [0, 0.05) is 0 Å². The Kier molecular flexibility index (Phi) is 3.28. The molecule has 0 amide bonds. The first-order chi connectivity index (χ1) is 8.00. The van der Waals surface area contributed by atoms with E-state index in [0.29, 0.717) is 5.75 Å². The molecular formula is C12H14F3NO. The lowest BCUT2D eigenvalue weighted by molar-refractivity contribution is -0.156. The third-order valence-electron chi connectivity index (χ3n) is 2.63. The summed E-state index contributed by atoms with van der Waals surface area (Å²) in [6.45, 7) is 0. The van der Waals surface area contributed by atoms with Crippen LogP contribution in [0.2, 0.25) is 0 Å². The van der Waals surface area contributed by atoms with Crippen molar-refractivity contribution in [3.05, 3.63) is 29.8 Å². The number of benzene rings is 1. The summed E-state index contributed by atoms with van der Waals surface area (Å²) in [6.07, 6.45) is -2.14. The van der Waals surface area contributed by atoms with Crippen molar-refractivity contribution < 1.29 is 17.9 Å². The molecule has 0 saturated heterocycles. The van der Waals surface area contributed by atoms with E-state index in [1.807, 2.05) is 0 Å². The fourth-order valence-corrected chi connectivity index (χ4v) is 1.67. The van der Waals surface area contributed by atoms with Crippen molar-refractivity contribution in [2.24, 2.45) is 0 Å². The zero-order valence-electron chi connectivity index (χ0n) is 9.42. The average molecular weight is 245 g/mol. The van der Waals surface area contributed by atoms with Crippen molar-refractivity contribution in [2.45, 2.75) is 31.2 Å². The minimum absolute atomic E-state index is 0.179. The topological polar surface area (TPSA) is 21.3 Å². The largest absolute Gasteiger partial charge is 0.490 e. The van der Waals surface area contributed by atoms with Crippen LogP contribution in [0.1, 0.15) is 24.4 Å². The minimum Gasteiger partial charge on any atom is -0.490 e. The van der Waals surface area contributed by atoms with Crippen molar-refractivity contribution in [2.75, 3.05) is 7.05 Å². The molecule has 1 saturated carbocycles. The first-order valence-corrected chi connectivity index (χ1v) is 5.51. The molecule has 94 valence electrons. The molecule has 1 aromatic rings. The Balaban J connectivity index is 2.18. The van der Waals surface area contributed by atoms with E-state index in [1.54, 1.807) is 12.1 Å². The van der Waals surface area contributed by atoms with Crippen LogP contribution in [0.5, 0.6) is 5.75 Å². The summed E-state index contributed by atoms with van der Waals surface area (Å²) < 4.78 is 43.6. The van der Waals surface area contributed by atoms with Crippen molar-refractivity contribution in [1.82, 2.24) is 5.32 Å². The van der Waals surface area contributed by atoms with Crippen LogP contribution in [0.3, 0.4) is 0 Å². The van der Waals surface area contributed by atoms with Crippen LogP contribution in [0.15, 0.2) is 24.3 Å². The van der Waals surface area contributed by atoms with Crippen LogP contribution in [0, 0.1) is 0 Å². The summed E-state index contributed by atoms with van der Waals surface area (Å²) in [5, 5.41) is 2.27. The molecule has 0 aromatic heterocycles. The smallest absolute Gasteiger partial charge is 0.407 e. The molecule has 1 N–H and O–H groups in total. The van der Waals surface area contributed by atoms with Gasteiger partial charge in [-0.25, -0.2) is 0 Å². The normalized spacial score (nSPS) is 17.9. The van der Waals surface area contributed by atoms with Gasteiger partial charge < -0.3 is 10.1 Å².